The van der Waals surface area contributed by atoms with Crippen LogP contribution >= 0.6 is 0 Å². The molecule has 11 nitrogen and oxygen atoms in total. The Morgan fingerprint density at radius 1 is 0.960 bits per heavy atom. The van der Waals surface area contributed by atoms with Crippen molar-refractivity contribution in [3.05, 3.63) is 41.5 Å². The number of aryl methyl sites for hydroxylation is 1. The lowest BCUT2D eigenvalue weighted by atomic mass is 9.86. The predicted octanol–water partition coefficient (Wildman–Crippen LogP) is 5.82. The van der Waals surface area contributed by atoms with Gasteiger partial charge in [-0.1, -0.05) is 39.3 Å². The van der Waals surface area contributed by atoms with Gasteiger partial charge in [0.15, 0.2) is 0 Å². The van der Waals surface area contributed by atoms with Gasteiger partial charge in [-0.15, -0.1) is 10.2 Å². The number of hydrogen-bond acceptors (Lipinski definition) is 7. The summed E-state index contributed by atoms with van der Waals surface area (Å²) >= 11 is 0. The number of carbonyl (C=O) groups is 3. The molecule has 2 aromatic rings. The number of anilines is 1. The third kappa shape index (κ3) is 9.86. The van der Waals surface area contributed by atoms with Crippen molar-refractivity contribution in [1.29, 1.82) is 0 Å². The van der Waals surface area contributed by atoms with E-state index in [1.165, 1.54) is 0 Å². The molecule has 3 atom stereocenters. The molecule has 2 bridgehead atoms. The molecule has 2 aliphatic heterocycles. The van der Waals surface area contributed by atoms with E-state index in [0.29, 0.717) is 42.7 Å². The monoisotopic (exact) mass is 699 g/mol. The van der Waals surface area contributed by atoms with Crippen LogP contribution in [0, 0.1) is 12.8 Å². The topological polar surface area (TPSA) is 130 Å². The molecule has 0 spiro atoms. The van der Waals surface area contributed by atoms with Gasteiger partial charge in [-0.25, -0.2) is 8.78 Å². The van der Waals surface area contributed by atoms with Crippen molar-refractivity contribution in [3.63, 3.8) is 0 Å². The van der Waals surface area contributed by atoms with E-state index in [2.05, 4.69) is 49.5 Å². The van der Waals surface area contributed by atoms with Crippen LogP contribution in [0.5, 0.6) is 0 Å². The smallest absolute Gasteiger partial charge is 0.250 e. The van der Waals surface area contributed by atoms with Crippen LogP contribution in [-0.4, -0.2) is 81.7 Å². The number of rotatable bonds is 16. The molecule has 3 N–H and O–H groups in total. The van der Waals surface area contributed by atoms with Crippen LogP contribution in [0.25, 0.3) is 0 Å². The first-order valence-electron chi connectivity index (χ1n) is 18.5. The van der Waals surface area contributed by atoms with Crippen molar-refractivity contribution in [3.8, 4) is 0 Å². The molecule has 276 valence electrons. The number of piperidine rings is 1. The highest BCUT2D eigenvalue weighted by molar-refractivity contribution is 5.92. The van der Waals surface area contributed by atoms with Gasteiger partial charge < -0.3 is 25.3 Å². The molecule has 50 heavy (non-hydrogen) atoms. The fraction of sp³-hybridized carbons (Fsp3) is 0.703. The Morgan fingerprint density at radius 3 is 2.26 bits per heavy atom. The molecule has 3 fully saturated rings. The summed E-state index contributed by atoms with van der Waals surface area (Å²) in [6.45, 7) is 9.33. The quantitative estimate of drug-likeness (QED) is 0.188. The van der Waals surface area contributed by atoms with E-state index in [-0.39, 0.29) is 62.7 Å². The lowest BCUT2D eigenvalue weighted by molar-refractivity contribution is -0.130. The molecule has 1 aromatic heterocycles. The van der Waals surface area contributed by atoms with Crippen molar-refractivity contribution in [2.75, 3.05) is 31.6 Å². The van der Waals surface area contributed by atoms with Gasteiger partial charge in [0.1, 0.15) is 24.9 Å². The van der Waals surface area contributed by atoms with Gasteiger partial charge in [-0.3, -0.25) is 19.3 Å². The van der Waals surface area contributed by atoms with Crippen LogP contribution in [-0.2, 0) is 19.1 Å². The van der Waals surface area contributed by atoms with Gasteiger partial charge in [-0.05, 0) is 76.0 Å². The number of aromatic nitrogens is 3. The number of unbranched alkanes of at least 4 members (excludes halogenated alkanes) is 1. The number of nitrogens with zero attached hydrogens (tertiary/aromatic N) is 4. The molecule has 3 amide bonds. The lowest BCUT2D eigenvalue weighted by Gasteiger charge is -2.40. The van der Waals surface area contributed by atoms with Gasteiger partial charge in [0.25, 0.3) is 0 Å². The van der Waals surface area contributed by atoms with Crippen molar-refractivity contribution in [1.82, 2.24) is 30.3 Å². The number of halogens is 2. The maximum absolute atomic E-state index is 13.9. The van der Waals surface area contributed by atoms with Crippen molar-refractivity contribution >= 4 is 23.4 Å². The number of carbonyl (C=O) groups excluding carboxylic acids is 3. The van der Waals surface area contributed by atoms with E-state index < -0.39 is 11.8 Å². The summed E-state index contributed by atoms with van der Waals surface area (Å²) in [6, 6.07) is 8.27. The standard InChI is InChI=1S/C37H55F2N7O4/c1-5-6-18-40-33(47)22-50-23-34(48)41-28-9-7-26(8-10-28)32(42-36(49)27-13-16-37(38,39)17-14-27)15-19-45-29-11-12-30(45)21-31(20-29)46-25(4)43-44-35(46)24(2)3/h7-10,24,27,29-32H,5-6,11-23H2,1-4H3,(H,40,47)(H,41,48)(H,42,49)/t29?,30?,31?,32-/m0/s1. The average Bonchev–Trinajstić information content (AvgIpc) is 3.58. The molecule has 2 saturated heterocycles. The molecule has 13 heteroatoms. The highest BCUT2D eigenvalue weighted by Crippen LogP contribution is 2.43. The largest absolute Gasteiger partial charge is 0.362 e. The zero-order valence-corrected chi connectivity index (χ0v) is 30.1. The highest BCUT2D eigenvalue weighted by Gasteiger charge is 2.43. The molecule has 0 radical (unpaired) electrons. The maximum Gasteiger partial charge on any atom is 0.250 e. The molecule has 3 heterocycles. The van der Waals surface area contributed by atoms with Crippen LogP contribution in [0.2, 0.25) is 0 Å². The molecule has 2 unspecified atom stereocenters. The maximum atomic E-state index is 13.9. The van der Waals surface area contributed by atoms with E-state index in [4.69, 9.17) is 4.74 Å². The predicted molar refractivity (Wildman–Crippen MR) is 187 cm³/mol. The molecular weight excluding hydrogens is 644 g/mol. The Labute approximate surface area is 294 Å². The fourth-order valence-corrected chi connectivity index (χ4v) is 7.93. The second-order valence-corrected chi connectivity index (χ2v) is 14.7. The highest BCUT2D eigenvalue weighted by atomic mass is 19.3. The summed E-state index contributed by atoms with van der Waals surface area (Å²) in [4.78, 5) is 40.3. The zero-order valence-electron chi connectivity index (χ0n) is 30.1. The minimum atomic E-state index is -2.70. The van der Waals surface area contributed by atoms with Crippen LogP contribution in [0.3, 0.4) is 0 Å². The summed E-state index contributed by atoms with van der Waals surface area (Å²) in [7, 11) is 0. The molecule has 3 aliphatic rings. The lowest BCUT2D eigenvalue weighted by Crippen LogP contribution is -2.45. The summed E-state index contributed by atoms with van der Waals surface area (Å²) in [5.41, 5.74) is 1.46. The minimum Gasteiger partial charge on any atom is -0.362 e. The first-order chi connectivity index (χ1) is 23.9. The van der Waals surface area contributed by atoms with Crippen molar-refractivity contribution < 1.29 is 27.9 Å². The Kier molecular flexibility index (Phi) is 13.0. The average molecular weight is 700 g/mol. The van der Waals surface area contributed by atoms with Gasteiger partial charge in [0, 0.05) is 61.6 Å². The zero-order chi connectivity index (χ0) is 35.8. The fourth-order valence-electron chi connectivity index (χ4n) is 7.93. The van der Waals surface area contributed by atoms with Crippen LogP contribution in [0.1, 0.15) is 127 Å². The first kappa shape index (κ1) is 37.8. The second-order valence-electron chi connectivity index (χ2n) is 14.7. The Balaban J connectivity index is 1.20. The van der Waals surface area contributed by atoms with Gasteiger partial charge >= 0.3 is 0 Å². The summed E-state index contributed by atoms with van der Waals surface area (Å²) in [6.07, 6.45) is 6.69. The SMILES string of the molecule is CCCCNC(=O)COCC(=O)Nc1ccc([C@H](CCN2C3CCC2CC(n2c(C)nnc2C(C)C)C3)NC(=O)C2CCC(F)(F)CC2)cc1. The Morgan fingerprint density at radius 2 is 1.62 bits per heavy atom. The Bertz CT molecular complexity index is 1430. The number of hydrogen-bond donors (Lipinski definition) is 3. The Hall–Kier alpha value is -3.45. The van der Waals surface area contributed by atoms with Gasteiger partial charge in [-0.2, -0.15) is 0 Å². The second kappa shape index (κ2) is 17.2. The number of nitrogens with one attached hydrogen (secondary N) is 3. The third-order valence-electron chi connectivity index (χ3n) is 10.6. The molecule has 1 aromatic carbocycles. The first-order valence-corrected chi connectivity index (χ1v) is 18.5. The van der Waals surface area contributed by atoms with Crippen molar-refractivity contribution in [2.45, 2.75) is 134 Å². The third-order valence-corrected chi connectivity index (χ3v) is 10.6. The van der Waals surface area contributed by atoms with Crippen LogP contribution in [0.15, 0.2) is 24.3 Å². The van der Waals surface area contributed by atoms with Crippen LogP contribution in [0.4, 0.5) is 14.5 Å². The summed E-state index contributed by atoms with van der Waals surface area (Å²) < 4.78 is 35.3. The molecule has 5 rings (SSSR count). The number of ether oxygens (including phenoxy) is 1. The van der Waals surface area contributed by atoms with Gasteiger partial charge in [0.2, 0.25) is 23.6 Å². The number of fused-ring (bicyclic) bond motifs is 2. The van der Waals surface area contributed by atoms with Crippen molar-refractivity contribution in [2.24, 2.45) is 5.92 Å². The molecule has 1 aliphatic carbocycles. The molecule has 1 saturated carbocycles. The number of alkyl halides is 2. The molecular formula is C37H55F2N7O4. The van der Waals surface area contributed by atoms with E-state index in [1.54, 1.807) is 12.1 Å². The van der Waals surface area contributed by atoms with E-state index in [1.807, 2.05) is 26.0 Å². The van der Waals surface area contributed by atoms with Gasteiger partial charge in [0.05, 0.1) is 6.04 Å². The van der Waals surface area contributed by atoms with Crippen LogP contribution < -0.4 is 16.0 Å². The summed E-state index contributed by atoms with van der Waals surface area (Å²) in [5.74, 6) is -1.63. The summed E-state index contributed by atoms with van der Waals surface area (Å²) in [5, 5.41) is 17.6. The number of benzene rings is 1. The normalized spacial score (nSPS) is 22.7. The number of amides is 3. The van der Waals surface area contributed by atoms with E-state index >= 15 is 0 Å². The van der Waals surface area contributed by atoms with E-state index in [0.717, 1.165) is 62.3 Å². The minimum absolute atomic E-state index is 0.176. The van der Waals surface area contributed by atoms with E-state index in [9.17, 15) is 23.2 Å².